The molecule has 0 spiro atoms. The molecule has 0 unspecified atom stereocenters. The second-order valence-electron chi connectivity index (χ2n) is 10.7. The third-order valence-electron chi connectivity index (χ3n) is 8.17. The molecule has 6 aromatic carbocycles. The van der Waals surface area contributed by atoms with Crippen LogP contribution < -0.4 is 0 Å². The van der Waals surface area contributed by atoms with Crippen molar-refractivity contribution < 1.29 is 0 Å². The summed E-state index contributed by atoms with van der Waals surface area (Å²) in [6.07, 6.45) is 3.79. The molecule has 2 nitrogen and oxygen atoms in total. The van der Waals surface area contributed by atoms with Crippen molar-refractivity contribution in [2.24, 2.45) is 0 Å². The van der Waals surface area contributed by atoms with Crippen molar-refractivity contribution in [2.75, 3.05) is 0 Å². The van der Waals surface area contributed by atoms with Gasteiger partial charge < -0.3 is 0 Å². The molecular weight excluding hydrogens is 508 g/mol. The van der Waals surface area contributed by atoms with Crippen LogP contribution in [0.1, 0.15) is 0 Å². The van der Waals surface area contributed by atoms with Gasteiger partial charge in [0.1, 0.15) is 0 Å². The van der Waals surface area contributed by atoms with Gasteiger partial charge in [-0.05, 0) is 67.4 Å². The molecule has 2 heteroatoms. The van der Waals surface area contributed by atoms with Gasteiger partial charge in [0.15, 0.2) is 0 Å². The van der Waals surface area contributed by atoms with E-state index in [4.69, 9.17) is 4.98 Å². The normalized spacial score (nSPS) is 11.3. The van der Waals surface area contributed by atoms with Gasteiger partial charge in [-0.2, -0.15) is 0 Å². The molecule has 2 aromatic heterocycles. The highest BCUT2D eigenvalue weighted by molar-refractivity contribution is 6.00. The fourth-order valence-corrected chi connectivity index (χ4v) is 6.09. The molecule has 42 heavy (non-hydrogen) atoms. The van der Waals surface area contributed by atoms with Crippen molar-refractivity contribution in [1.82, 2.24) is 9.97 Å². The summed E-state index contributed by atoms with van der Waals surface area (Å²) in [6.45, 7) is 0. The number of aromatic nitrogens is 2. The largest absolute Gasteiger partial charge is 0.264 e. The maximum atomic E-state index is 5.29. The van der Waals surface area contributed by atoms with E-state index in [0.29, 0.717) is 0 Å². The minimum Gasteiger partial charge on any atom is -0.264 e. The van der Waals surface area contributed by atoms with E-state index in [9.17, 15) is 0 Å². The average Bonchev–Trinajstić information content (AvgIpc) is 3.07. The summed E-state index contributed by atoms with van der Waals surface area (Å²) < 4.78 is 0. The van der Waals surface area contributed by atoms with E-state index < -0.39 is 0 Å². The number of rotatable bonds is 4. The summed E-state index contributed by atoms with van der Waals surface area (Å²) in [5.74, 6) is 0. The maximum absolute atomic E-state index is 5.29. The molecule has 0 aliphatic rings. The lowest BCUT2D eigenvalue weighted by atomic mass is 9.94. The van der Waals surface area contributed by atoms with Crippen LogP contribution in [0.3, 0.4) is 0 Å². The zero-order valence-electron chi connectivity index (χ0n) is 22.9. The highest BCUT2D eigenvalue weighted by atomic mass is 14.7. The number of fused-ring (bicyclic) bond motifs is 3. The Balaban J connectivity index is 1.31. The molecule has 0 aliphatic carbocycles. The van der Waals surface area contributed by atoms with Crippen LogP contribution in [0.5, 0.6) is 0 Å². The van der Waals surface area contributed by atoms with Gasteiger partial charge in [-0.15, -0.1) is 0 Å². The molecule has 0 bridgehead atoms. The maximum Gasteiger partial charge on any atom is 0.0721 e. The Bertz CT molecular complexity index is 2130. The van der Waals surface area contributed by atoms with Crippen LogP contribution in [0, 0.1) is 0 Å². The SMILES string of the molecule is c1cc(-c2ccc(-c3cc(-c4cccc5ccccc45)nc(-c4cccc5ccccc45)c3)cc2)c2ccncc2c1. The number of pyridine rings is 2. The van der Waals surface area contributed by atoms with Gasteiger partial charge >= 0.3 is 0 Å². The topological polar surface area (TPSA) is 25.8 Å². The van der Waals surface area contributed by atoms with Gasteiger partial charge in [-0.3, -0.25) is 4.98 Å². The first-order valence-corrected chi connectivity index (χ1v) is 14.2. The van der Waals surface area contributed by atoms with Gasteiger partial charge in [0.2, 0.25) is 0 Å². The molecule has 8 rings (SSSR count). The van der Waals surface area contributed by atoms with Crippen LogP contribution in [0.2, 0.25) is 0 Å². The molecule has 0 N–H and O–H groups in total. The Morgan fingerprint density at radius 3 is 1.50 bits per heavy atom. The van der Waals surface area contributed by atoms with E-state index in [2.05, 4.69) is 151 Å². The Hall–Kier alpha value is -5.60. The zero-order valence-corrected chi connectivity index (χ0v) is 22.9. The molecule has 0 saturated heterocycles. The van der Waals surface area contributed by atoms with Crippen LogP contribution in [-0.2, 0) is 0 Å². The third-order valence-corrected chi connectivity index (χ3v) is 8.17. The molecule has 0 fully saturated rings. The van der Waals surface area contributed by atoms with Gasteiger partial charge in [0.05, 0.1) is 11.4 Å². The first-order chi connectivity index (χ1) is 20.8. The van der Waals surface area contributed by atoms with Crippen LogP contribution in [0.25, 0.3) is 77.1 Å². The molecule has 0 amide bonds. The van der Waals surface area contributed by atoms with E-state index in [0.717, 1.165) is 39.0 Å². The van der Waals surface area contributed by atoms with Crippen LogP contribution in [0.4, 0.5) is 0 Å². The quantitative estimate of drug-likeness (QED) is 0.224. The van der Waals surface area contributed by atoms with E-state index in [-0.39, 0.29) is 0 Å². The number of hydrogen-bond acceptors (Lipinski definition) is 2. The van der Waals surface area contributed by atoms with Crippen LogP contribution in [-0.4, -0.2) is 9.97 Å². The van der Waals surface area contributed by atoms with Crippen molar-refractivity contribution in [2.45, 2.75) is 0 Å². The molecule has 0 saturated carbocycles. The molecule has 2 heterocycles. The summed E-state index contributed by atoms with van der Waals surface area (Å²) in [6, 6.07) is 51.9. The second-order valence-corrected chi connectivity index (χ2v) is 10.7. The number of nitrogens with zero attached hydrogens (tertiary/aromatic N) is 2. The molecular formula is C40H26N2. The fraction of sp³-hybridized carbons (Fsp3) is 0. The summed E-state index contributed by atoms with van der Waals surface area (Å²) in [7, 11) is 0. The standard InChI is InChI=1S/C40H26N2/c1-3-13-34-28(8-1)10-5-16-37(34)39-24-32(25-40(42-39)38-17-6-11-29-9-2-4-14-35(29)38)27-18-20-30(21-19-27)33-15-7-12-31-26-41-23-22-36(31)33/h1-26H. The second kappa shape index (κ2) is 10.1. The molecule has 196 valence electrons. The van der Waals surface area contributed by atoms with Crippen molar-refractivity contribution in [3.05, 3.63) is 158 Å². The fourth-order valence-electron chi connectivity index (χ4n) is 6.09. The van der Waals surface area contributed by atoms with Gasteiger partial charge in [0, 0.05) is 28.9 Å². The van der Waals surface area contributed by atoms with Crippen molar-refractivity contribution in [1.29, 1.82) is 0 Å². The van der Waals surface area contributed by atoms with Crippen molar-refractivity contribution in [3.8, 4) is 44.8 Å². The average molecular weight is 535 g/mol. The van der Waals surface area contributed by atoms with Crippen molar-refractivity contribution >= 4 is 32.3 Å². The Labute approximate surface area is 244 Å². The Kier molecular flexibility index (Phi) is 5.82. The molecule has 0 aliphatic heterocycles. The lowest BCUT2D eigenvalue weighted by Crippen LogP contribution is -1.93. The Morgan fingerprint density at radius 1 is 0.357 bits per heavy atom. The van der Waals surface area contributed by atoms with E-state index in [1.807, 2.05) is 12.4 Å². The smallest absolute Gasteiger partial charge is 0.0721 e. The predicted octanol–water partition coefficient (Wildman–Crippen LogP) is 10.6. The minimum absolute atomic E-state index is 0.970. The molecule has 0 atom stereocenters. The lowest BCUT2D eigenvalue weighted by Gasteiger charge is -2.14. The first-order valence-electron chi connectivity index (χ1n) is 14.2. The Morgan fingerprint density at radius 2 is 0.857 bits per heavy atom. The summed E-state index contributed by atoms with van der Waals surface area (Å²) in [4.78, 5) is 9.59. The highest BCUT2D eigenvalue weighted by Crippen LogP contribution is 2.37. The van der Waals surface area contributed by atoms with E-state index in [1.54, 1.807) is 0 Å². The number of hydrogen-bond donors (Lipinski definition) is 0. The molecule has 0 radical (unpaired) electrons. The van der Waals surface area contributed by atoms with Crippen molar-refractivity contribution in [3.63, 3.8) is 0 Å². The van der Waals surface area contributed by atoms with Gasteiger partial charge in [-0.25, -0.2) is 4.98 Å². The molecule has 8 aromatic rings. The summed E-state index contributed by atoms with van der Waals surface area (Å²) in [5, 5.41) is 7.18. The summed E-state index contributed by atoms with van der Waals surface area (Å²) >= 11 is 0. The number of benzene rings is 6. The monoisotopic (exact) mass is 534 g/mol. The first kappa shape index (κ1) is 24.2. The third kappa shape index (κ3) is 4.22. The van der Waals surface area contributed by atoms with Gasteiger partial charge in [-0.1, -0.05) is 127 Å². The lowest BCUT2D eigenvalue weighted by molar-refractivity contribution is 1.33. The van der Waals surface area contributed by atoms with Crippen LogP contribution >= 0.6 is 0 Å². The minimum atomic E-state index is 0.970. The highest BCUT2D eigenvalue weighted by Gasteiger charge is 2.13. The summed E-state index contributed by atoms with van der Waals surface area (Å²) in [5.41, 5.74) is 8.92. The van der Waals surface area contributed by atoms with Gasteiger partial charge in [0.25, 0.3) is 0 Å². The predicted molar refractivity (Wildman–Crippen MR) is 176 cm³/mol. The van der Waals surface area contributed by atoms with E-state index in [1.165, 1.54) is 38.1 Å². The van der Waals surface area contributed by atoms with Crippen LogP contribution in [0.15, 0.2) is 158 Å². The van der Waals surface area contributed by atoms with E-state index >= 15 is 0 Å². The zero-order chi connectivity index (χ0) is 27.9.